The Morgan fingerprint density at radius 2 is 1.76 bits per heavy atom. The van der Waals surface area contributed by atoms with E-state index < -0.39 is 17.6 Å². The molecule has 2 heterocycles. The van der Waals surface area contributed by atoms with E-state index in [1.165, 1.54) is 18.5 Å². The highest BCUT2D eigenvalue weighted by Gasteiger charge is 2.33. The van der Waals surface area contributed by atoms with Gasteiger partial charge < -0.3 is 14.4 Å². The zero-order valence-electron chi connectivity index (χ0n) is 18.9. The van der Waals surface area contributed by atoms with E-state index in [2.05, 4.69) is 9.97 Å². The number of aromatic nitrogens is 2. The summed E-state index contributed by atoms with van der Waals surface area (Å²) in [6.45, 7) is 0.558. The molecule has 2 aromatic carbocycles. The lowest BCUT2D eigenvalue weighted by Crippen LogP contribution is -2.25. The molecule has 0 bridgehead atoms. The monoisotopic (exact) mass is 475 g/mol. The Labute approximate surface area is 195 Å². The van der Waals surface area contributed by atoms with Crippen LogP contribution in [0.2, 0.25) is 0 Å². The van der Waals surface area contributed by atoms with Crippen LogP contribution in [-0.2, 0) is 19.0 Å². The molecular formula is C25H25F4N3O2. The maximum atomic E-state index is 15.5. The normalized spacial score (nSPS) is 16.1. The summed E-state index contributed by atoms with van der Waals surface area (Å²) < 4.78 is 65.1. The Morgan fingerprint density at radius 3 is 2.44 bits per heavy atom. The van der Waals surface area contributed by atoms with Gasteiger partial charge in [-0.3, -0.25) is 0 Å². The lowest BCUT2D eigenvalue weighted by atomic mass is 10.0. The number of alkyl halides is 3. The molecule has 0 saturated carbocycles. The lowest BCUT2D eigenvalue weighted by molar-refractivity contribution is -0.137. The summed E-state index contributed by atoms with van der Waals surface area (Å²) in [5, 5.41) is 0. The first-order valence-corrected chi connectivity index (χ1v) is 11.0. The van der Waals surface area contributed by atoms with Crippen molar-refractivity contribution >= 4 is 5.82 Å². The van der Waals surface area contributed by atoms with E-state index in [0.717, 1.165) is 24.1 Å². The molecule has 9 heteroatoms. The van der Waals surface area contributed by atoms with Gasteiger partial charge in [0.15, 0.2) is 23.1 Å². The van der Waals surface area contributed by atoms with E-state index >= 15 is 4.39 Å². The summed E-state index contributed by atoms with van der Waals surface area (Å²) in [7, 11) is 3.11. The molecule has 0 aliphatic carbocycles. The average molecular weight is 475 g/mol. The number of methoxy groups -OCH3 is 2. The Kier molecular flexibility index (Phi) is 6.90. The molecule has 180 valence electrons. The van der Waals surface area contributed by atoms with Crippen molar-refractivity contribution in [1.82, 2.24) is 9.97 Å². The fraction of sp³-hybridized carbons (Fsp3) is 0.360. The maximum absolute atomic E-state index is 15.5. The molecule has 1 unspecified atom stereocenters. The van der Waals surface area contributed by atoms with Crippen LogP contribution >= 0.6 is 0 Å². The first-order valence-electron chi connectivity index (χ1n) is 11.0. The Morgan fingerprint density at radius 1 is 1.00 bits per heavy atom. The van der Waals surface area contributed by atoms with Gasteiger partial charge in [0.1, 0.15) is 6.33 Å². The SMILES string of the molecule is COc1cccc(CCc2ncnc(N3CCCC3c3ccc(C(F)(F)F)cc3)c2F)c1OC. The lowest BCUT2D eigenvalue weighted by Gasteiger charge is -2.27. The van der Waals surface area contributed by atoms with Crippen LogP contribution in [0.25, 0.3) is 0 Å². The van der Waals surface area contributed by atoms with Gasteiger partial charge in [0.05, 0.1) is 31.5 Å². The molecule has 0 N–H and O–H groups in total. The van der Waals surface area contributed by atoms with Gasteiger partial charge in [-0.1, -0.05) is 24.3 Å². The summed E-state index contributed by atoms with van der Waals surface area (Å²) in [5.41, 5.74) is 1.13. The summed E-state index contributed by atoms with van der Waals surface area (Å²) in [4.78, 5) is 10.1. The zero-order chi connectivity index (χ0) is 24.3. The summed E-state index contributed by atoms with van der Waals surface area (Å²) in [6, 6.07) is 10.3. The minimum absolute atomic E-state index is 0.171. The number of para-hydroxylation sites is 1. The van der Waals surface area contributed by atoms with Crippen molar-refractivity contribution in [2.75, 3.05) is 25.7 Å². The molecule has 5 nitrogen and oxygen atoms in total. The van der Waals surface area contributed by atoms with Gasteiger partial charge in [0.2, 0.25) is 0 Å². The average Bonchev–Trinajstić information content (AvgIpc) is 3.32. The number of halogens is 4. The van der Waals surface area contributed by atoms with Crippen LogP contribution in [0.5, 0.6) is 11.5 Å². The number of hydrogen-bond donors (Lipinski definition) is 0. The number of nitrogens with zero attached hydrogens (tertiary/aromatic N) is 3. The van der Waals surface area contributed by atoms with Crippen molar-refractivity contribution in [2.24, 2.45) is 0 Å². The molecule has 1 aromatic heterocycles. The smallest absolute Gasteiger partial charge is 0.416 e. The second kappa shape index (κ2) is 9.87. The van der Waals surface area contributed by atoms with Gasteiger partial charge in [-0.25, -0.2) is 14.4 Å². The minimum Gasteiger partial charge on any atom is -0.493 e. The minimum atomic E-state index is -4.40. The van der Waals surface area contributed by atoms with Crippen molar-refractivity contribution in [2.45, 2.75) is 37.9 Å². The standard InChI is InChI=1S/C25H25F4N3O2/c1-33-21-7-3-5-17(23(21)34-2)10-13-19-22(26)24(31-15-30-19)32-14-4-6-20(32)16-8-11-18(12-9-16)25(27,28)29/h3,5,7-9,11-12,15,20H,4,6,10,13-14H2,1-2H3. The van der Waals surface area contributed by atoms with Crippen LogP contribution in [0, 0.1) is 5.82 Å². The molecule has 1 aliphatic rings. The van der Waals surface area contributed by atoms with E-state index in [9.17, 15) is 13.2 Å². The molecule has 1 fully saturated rings. The molecule has 3 aromatic rings. The van der Waals surface area contributed by atoms with Crippen molar-refractivity contribution in [3.8, 4) is 11.5 Å². The van der Waals surface area contributed by atoms with E-state index in [4.69, 9.17) is 9.47 Å². The van der Waals surface area contributed by atoms with E-state index in [-0.39, 0.29) is 17.6 Å². The van der Waals surface area contributed by atoms with Crippen molar-refractivity contribution in [3.63, 3.8) is 0 Å². The topological polar surface area (TPSA) is 47.5 Å². The van der Waals surface area contributed by atoms with Gasteiger partial charge >= 0.3 is 6.18 Å². The van der Waals surface area contributed by atoms with Crippen LogP contribution in [0.15, 0.2) is 48.8 Å². The first-order chi connectivity index (χ1) is 16.3. The summed E-state index contributed by atoms with van der Waals surface area (Å²) >= 11 is 0. The van der Waals surface area contributed by atoms with Crippen molar-refractivity contribution < 1.29 is 27.0 Å². The fourth-order valence-corrected chi connectivity index (χ4v) is 4.43. The number of anilines is 1. The molecule has 1 atom stereocenters. The quantitative estimate of drug-likeness (QED) is 0.406. The highest BCUT2D eigenvalue weighted by molar-refractivity contribution is 5.48. The van der Waals surface area contributed by atoms with Crippen LogP contribution in [0.3, 0.4) is 0 Å². The van der Waals surface area contributed by atoms with Crippen LogP contribution < -0.4 is 14.4 Å². The molecule has 0 amide bonds. The maximum Gasteiger partial charge on any atom is 0.416 e. The zero-order valence-corrected chi connectivity index (χ0v) is 18.9. The molecule has 0 spiro atoms. The second-order valence-electron chi connectivity index (χ2n) is 8.08. The Bertz CT molecular complexity index is 1140. The van der Waals surface area contributed by atoms with Crippen LogP contribution in [0.4, 0.5) is 23.4 Å². The van der Waals surface area contributed by atoms with E-state index in [0.29, 0.717) is 42.9 Å². The first kappa shape index (κ1) is 23.8. The van der Waals surface area contributed by atoms with Gasteiger partial charge in [-0.15, -0.1) is 0 Å². The Balaban J connectivity index is 1.56. The molecule has 34 heavy (non-hydrogen) atoms. The third-order valence-corrected chi connectivity index (χ3v) is 6.11. The highest BCUT2D eigenvalue weighted by Crippen LogP contribution is 2.38. The number of hydrogen-bond acceptors (Lipinski definition) is 5. The van der Waals surface area contributed by atoms with Crippen molar-refractivity contribution in [1.29, 1.82) is 0 Å². The van der Waals surface area contributed by atoms with Crippen molar-refractivity contribution in [3.05, 3.63) is 77.0 Å². The molecule has 4 rings (SSSR count). The predicted octanol–water partition coefficient (Wildman–Crippen LogP) is 5.78. The van der Waals surface area contributed by atoms with Gasteiger partial charge in [0.25, 0.3) is 0 Å². The third-order valence-electron chi connectivity index (χ3n) is 6.11. The largest absolute Gasteiger partial charge is 0.493 e. The van der Waals surface area contributed by atoms with Gasteiger partial charge in [-0.2, -0.15) is 13.2 Å². The molecule has 1 aliphatic heterocycles. The van der Waals surface area contributed by atoms with Gasteiger partial charge in [0, 0.05) is 6.54 Å². The summed E-state index contributed by atoms with van der Waals surface area (Å²) in [6.07, 6.45) is -0.776. The molecule has 0 radical (unpaired) electrons. The van der Waals surface area contributed by atoms with E-state index in [1.807, 2.05) is 17.0 Å². The molecular weight excluding hydrogens is 450 g/mol. The third kappa shape index (κ3) is 4.78. The predicted molar refractivity (Wildman–Crippen MR) is 120 cm³/mol. The molecule has 1 saturated heterocycles. The Hall–Kier alpha value is -3.36. The highest BCUT2D eigenvalue weighted by atomic mass is 19.4. The van der Waals surface area contributed by atoms with E-state index in [1.54, 1.807) is 20.3 Å². The number of ether oxygens (including phenoxy) is 2. The fourth-order valence-electron chi connectivity index (χ4n) is 4.43. The second-order valence-corrected chi connectivity index (χ2v) is 8.08. The van der Waals surface area contributed by atoms with Crippen LogP contribution in [-0.4, -0.2) is 30.7 Å². The van der Waals surface area contributed by atoms with Gasteiger partial charge in [-0.05, 0) is 55.0 Å². The van der Waals surface area contributed by atoms with Crippen LogP contribution in [0.1, 0.15) is 41.3 Å². The number of aryl methyl sites for hydroxylation is 2. The number of benzene rings is 2. The summed E-state index contributed by atoms with van der Waals surface area (Å²) in [5.74, 6) is 0.857. The number of rotatable bonds is 7.